The minimum absolute atomic E-state index is 0.00130. The third kappa shape index (κ3) is 3.85. The predicted molar refractivity (Wildman–Crippen MR) is 96.0 cm³/mol. The Balaban J connectivity index is 1.48. The summed E-state index contributed by atoms with van der Waals surface area (Å²) in [7, 11) is 0. The number of nitrogens with zero attached hydrogens (tertiary/aromatic N) is 1. The maximum atomic E-state index is 12.4. The summed E-state index contributed by atoms with van der Waals surface area (Å²) in [5, 5.41) is 4.96. The molecule has 0 aliphatic carbocycles. The zero-order chi connectivity index (χ0) is 16.9. The zero-order valence-corrected chi connectivity index (χ0v) is 14.6. The highest BCUT2D eigenvalue weighted by molar-refractivity contribution is 7.12. The van der Waals surface area contributed by atoms with Gasteiger partial charge in [0, 0.05) is 25.6 Å². The molecule has 1 aliphatic heterocycles. The van der Waals surface area contributed by atoms with Crippen LogP contribution in [0.5, 0.6) is 0 Å². The number of nitrogens with one attached hydrogen (secondary N) is 1. The first kappa shape index (κ1) is 16.7. The number of hydrogen-bond acceptors (Lipinski definition) is 3. The summed E-state index contributed by atoms with van der Waals surface area (Å²) in [6.45, 7) is 3.92. The molecule has 24 heavy (non-hydrogen) atoms. The summed E-state index contributed by atoms with van der Waals surface area (Å²) in [5.41, 5.74) is 2.34. The van der Waals surface area contributed by atoms with Gasteiger partial charge in [-0.3, -0.25) is 9.59 Å². The zero-order valence-electron chi connectivity index (χ0n) is 13.8. The Morgan fingerprint density at radius 2 is 1.92 bits per heavy atom. The second-order valence-corrected chi connectivity index (χ2v) is 7.14. The number of piperidine rings is 1. The lowest BCUT2D eigenvalue weighted by Gasteiger charge is -2.31. The van der Waals surface area contributed by atoms with Crippen LogP contribution in [0.3, 0.4) is 0 Å². The van der Waals surface area contributed by atoms with E-state index >= 15 is 0 Å². The van der Waals surface area contributed by atoms with Crippen LogP contribution in [-0.4, -0.2) is 29.8 Å². The predicted octanol–water partition coefficient (Wildman–Crippen LogP) is 3.23. The van der Waals surface area contributed by atoms with Crippen molar-refractivity contribution < 1.29 is 9.59 Å². The van der Waals surface area contributed by atoms with Crippen LogP contribution in [0.4, 0.5) is 0 Å². The number of benzene rings is 1. The largest absolute Gasteiger partial charge is 0.352 e. The lowest BCUT2D eigenvalue weighted by atomic mass is 9.95. The average Bonchev–Trinajstić information content (AvgIpc) is 3.15. The third-order valence-corrected chi connectivity index (χ3v) is 5.46. The molecule has 0 bridgehead atoms. The van der Waals surface area contributed by atoms with Crippen molar-refractivity contribution in [1.29, 1.82) is 0 Å². The van der Waals surface area contributed by atoms with Gasteiger partial charge in [-0.15, -0.1) is 11.3 Å². The fourth-order valence-electron chi connectivity index (χ4n) is 3.04. The van der Waals surface area contributed by atoms with Crippen molar-refractivity contribution in [3.8, 4) is 0 Å². The fraction of sp³-hybridized carbons (Fsp3) is 0.368. The van der Waals surface area contributed by atoms with Crippen molar-refractivity contribution >= 4 is 23.2 Å². The molecular weight excluding hydrogens is 320 g/mol. The molecule has 4 nitrogen and oxygen atoms in total. The SMILES string of the molecule is Cc1ccccc1CNC(=O)C1CCN(C(=O)c2cccs2)CC1. The van der Waals surface area contributed by atoms with Gasteiger partial charge < -0.3 is 10.2 Å². The van der Waals surface area contributed by atoms with Gasteiger partial charge in [0.05, 0.1) is 4.88 Å². The molecule has 1 saturated heterocycles. The van der Waals surface area contributed by atoms with E-state index in [1.807, 2.05) is 40.6 Å². The maximum Gasteiger partial charge on any atom is 0.263 e. The van der Waals surface area contributed by atoms with Gasteiger partial charge in [-0.05, 0) is 42.3 Å². The highest BCUT2D eigenvalue weighted by Gasteiger charge is 2.27. The van der Waals surface area contributed by atoms with Gasteiger partial charge in [-0.2, -0.15) is 0 Å². The Morgan fingerprint density at radius 1 is 1.17 bits per heavy atom. The van der Waals surface area contributed by atoms with E-state index in [0.29, 0.717) is 19.6 Å². The number of carbonyl (C=O) groups excluding carboxylic acids is 2. The first-order valence-corrected chi connectivity index (χ1v) is 9.18. The molecule has 0 unspecified atom stereocenters. The molecule has 1 N–H and O–H groups in total. The standard InChI is InChI=1S/C19H22N2O2S/c1-14-5-2-3-6-16(14)13-20-18(22)15-8-10-21(11-9-15)19(23)17-7-4-12-24-17/h2-7,12,15H,8-11,13H2,1H3,(H,20,22). The van der Waals surface area contributed by atoms with Crippen LogP contribution in [-0.2, 0) is 11.3 Å². The number of thiophene rings is 1. The Labute approximate surface area is 146 Å². The second-order valence-electron chi connectivity index (χ2n) is 6.19. The van der Waals surface area contributed by atoms with Gasteiger partial charge in [0.2, 0.25) is 5.91 Å². The quantitative estimate of drug-likeness (QED) is 0.927. The second kappa shape index (κ2) is 7.62. The molecule has 3 rings (SSSR count). The summed E-state index contributed by atoms with van der Waals surface area (Å²) in [4.78, 5) is 27.3. The summed E-state index contributed by atoms with van der Waals surface area (Å²) in [5.74, 6) is 0.187. The van der Waals surface area contributed by atoms with Crippen LogP contribution in [0.1, 0.15) is 33.6 Å². The summed E-state index contributed by atoms with van der Waals surface area (Å²) >= 11 is 1.47. The van der Waals surface area contributed by atoms with Crippen LogP contribution >= 0.6 is 11.3 Å². The van der Waals surface area contributed by atoms with E-state index in [9.17, 15) is 9.59 Å². The van der Waals surface area contributed by atoms with Crippen molar-refractivity contribution in [1.82, 2.24) is 10.2 Å². The molecule has 0 spiro atoms. The molecule has 0 radical (unpaired) electrons. The number of rotatable bonds is 4. The van der Waals surface area contributed by atoms with Crippen LogP contribution in [0, 0.1) is 12.8 Å². The molecule has 1 aromatic heterocycles. The van der Waals surface area contributed by atoms with Crippen molar-refractivity contribution in [2.45, 2.75) is 26.3 Å². The van der Waals surface area contributed by atoms with E-state index in [4.69, 9.17) is 0 Å². The van der Waals surface area contributed by atoms with Gasteiger partial charge >= 0.3 is 0 Å². The molecule has 2 aromatic rings. The van der Waals surface area contributed by atoms with Crippen LogP contribution in [0.2, 0.25) is 0 Å². The van der Waals surface area contributed by atoms with Crippen LogP contribution in [0.25, 0.3) is 0 Å². The monoisotopic (exact) mass is 342 g/mol. The molecule has 0 atom stereocenters. The molecule has 1 aliphatic rings. The highest BCUT2D eigenvalue weighted by Crippen LogP contribution is 2.21. The molecule has 1 fully saturated rings. The van der Waals surface area contributed by atoms with Gasteiger partial charge in [0.25, 0.3) is 5.91 Å². The highest BCUT2D eigenvalue weighted by atomic mass is 32.1. The van der Waals surface area contributed by atoms with E-state index < -0.39 is 0 Å². The topological polar surface area (TPSA) is 49.4 Å². The van der Waals surface area contributed by atoms with Crippen molar-refractivity contribution in [2.24, 2.45) is 5.92 Å². The molecule has 2 heterocycles. The lowest BCUT2D eigenvalue weighted by Crippen LogP contribution is -2.42. The van der Waals surface area contributed by atoms with Crippen molar-refractivity contribution in [3.63, 3.8) is 0 Å². The normalized spacial score (nSPS) is 15.3. The molecule has 126 valence electrons. The number of likely N-dealkylation sites (tertiary alicyclic amines) is 1. The van der Waals surface area contributed by atoms with Crippen molar-refractivity contribution in [2.75, 3.05) is 13.1 Å². The van der Waals surface area contributed by atoms with E-state index in [1.165, 1.54) is 16.9 Å². The van der Waals surface area contributed by atoms with Crippen molar-refractivity contribution in [3.05, 3.63) is 57.8 Å². The maximum absolute atomic E-state index is 12.4. The third-order valence-electron chi connectivity index (χ3n) is 4.60. The van der Waals surface area contributed by atoms with Crippen LogP contribution < -0.4 is 5.32 Å². The smallest absolute Gasteiger partial charge is 0.263 e. The Bertz CT molecular complexity index is 704. The van der Waals surface area contributed by atoms with Gasteiger partial charge in [0.1, 0.15) is 0 Å². The number of amides is 2. The molecule has 0 saturated carbocycles. The number of hydrogen-bond donors (Lipinski definition) is 1. The first-order chi connectivity index (χ1) is 11.6. The number of aryl methyl sites for hydroxylation is 1. The molecule has 5 heteroatoms. The van der Waals surface area contributed by atoms with Gasteiger partial charge in [-0.1, -0.05) is 30.3 Å². The number of carbonyl (C=O) groups is 2. The Kier molecular flexibility index (Phi) is 5.30. The minimum Gasteiger partial charge on any atom is -0.352 e. The van der Waals surface area contributed by atoms with E-state index in [2.05, 4.69) is 18.3 Å². The summed E-state index contributed by atoms with van der Waals surface area (Å²) in [6.07, 6.45) is 1.47. The Hall–Kier alpha value is -2.14. The average molecular weight is 342 g/mol. The van der Waals surface area contributed by atoms with E-state index in [1.54, 1.807) is 0 Å². The molecular formula is C19H22N2O2S. The van der Waals surface area contributed by atoms with Gasteiger partial charge in [-0.25, -0.2) is 0 Å². The fourth-order valence-corrected chi connectivity index (χ4v) is 3.73. The van der Waals surface area contributed by atoms with Crippen LogP contribution in [0.15, 0.2) is 41.8 Å². The molecule has 1 aromatic carbocycles. The van der Waals surface area contributed by atoms with E-state index in [0.717, 1.165) is 23.3 Å². The Morgan fingerprint density at radius 3 is 2.58 bits per heavy atom. The summed E-state index contributed by atoms with van der Waals surface area (Å²) < 4.78 is 0. The molecule has 2 amide bonds. The summed E-state index contributed by atoms with van der Waals surface area (Å²) in [6, 6.07) is 11.8. The first-order valence-electron chi connectivity index (χ1n) is 8.30. The lowest BCUT2D eigenvalue weighted by molar-refractivity contribution is -0.126. The minimum atomic E-state index is 0.00130. The van der Waals surface area contributed by atoms with Gasteiger partial charge in [0.15, 0.2) is 0 Å². The van der Waals surface area contributed by atoms with E-state index in [-0.39, 0.29) is 17.7 Å².